The third kappa shape index (κ3) is 5.63. The molecule has 1 unspecified atom stereocenters. The van der Waals surface area contributed by atoms with E-state index < -0.39 is 0 Å². The molecular formula is C16H31N3O. The molecule has 0 fully saturated rings. The lowest BCUT2D eigenvalue weighted by molar-refractivity contribution is -0.0136. The number of rotatable bonds is 8. The highest BCUT2D eigenvalue weighted by molar-refractivity contribution is 5.02. The second-order valence-corrected chi connectivity index (χ2v) is 6.37. The van der Waals surface area contributed by atoms with Crippen molar-refractivity contribution in [2.45, 2.75) is 71.6 Å². The molecule has 0 saturated heterocycles. The Bertz CT molecular complexity index is 377. The highest BCUT2D eigenvalue weighted by Gasteiger charge is 2.16. The maximum absolute atomic E-state index is 5.85. The zero-order valence-electron chi connectivity index (χ0n) is 13.9. The maximum Gasteiger partial charge on any atom is 0.0641 e. The minimum absolute atomic E-state index is 0.0933. The first-order valence-corrected chi connectivity index (χ1v) is 7.74. The van der Waals surface area contributed by atoms with Crippen molar-refractivity contribution in [1.82, 2.24) is 15.1 Å². The van der Waals surface area contributed by atoms with Gasteiger partial charge < -0.3 is 10.1 Å². The standard InChI is InChI=1S/C16H31N3O/c1-7-15(8-2)19-10-9-13(18-19)11-14(17-6)12-20-16(3,4)5/h9-10,14-15,17H,7-8,11-12H2,1-6H3. The normalized spacial score (nSPS) is 13.9. The summed E-state index contributed by atoms with van der Waals surface area (Å²) in [7, 11) is 1.98. The summed E-state index contributed by atoms with van der Waals surface area (Å²) in [6.07, 6.45) is 5.25. The summed E-state index contributed by atoms with van der Waals surface area (Å²) >= 11 is 0. The van der Waals surface area contributed by atoms with E-state index in [-0.39, 0.29) is 5.60 Å². The molecule has 1 atom stereocenters. The molecular weight excluding hydrogens is 250 g/mol. The topological polar surface area (TPSA) is 39.1 Å². The molecule has 4 nitrogen and oxygen atoms in total. The van der Waals surface area contributed by atoms with E-state index in [0.717, 1.165) is 25.0 Å². The fourth-order valence-corrected chi connectivity index (χ4v) is 2.20. The van der Waals surface area contributed by atoms with E-state index in [9.17, 15) is 0 Å². The largest absolute Gasteiger partial charge is 0.374 e. The zero-order valence-corrected chi connectivity index (χ0v) is 13.9. The summed E-state index contributed by atoms with van der Waals surface area (Å²) in [5.41, 5.74) is 1.04. The molecule has 1 heterocycles. The van der Waals surface area contributed by atoms with Crippen molar-refractivity contribution in [3.63, 3.8) is 0 Å². The summed E-state index contributed by atoms with van der Waals surface area (Å²) in [6.45, 7) is 11.4. The Hall–Kier alpha value is -0.870. The van der Waals surface area contributed by atoms with Crippen molar-refractivity contribution in [2.24, 2.45) is 0 Å². The third-order valence-corrected chi connectivity index (χ3v) is 3.56. The quantitative estimate of drug-likeness (QED) is 0.795. The highest BCUT2D eigenvalue weighted by Crippen LogP contribution is 2.15. The molecule has 0 aliphatic carbocycles. The molecule has 0 radical (unpaired) electrons. The SMILES string of the molecule is CCC(CC)n1ccc(CC(COC(C)(C)C)NC)n1. The Labute approximate surface area is 123 Å². The van der Waals surface area contributed by atoms with E-state index in [0.29, 0.717) is 18.7 Å². The van der Waals surface area contributed by atoms with E-state index in [2.05, 4.69) is 56.9 Å². The molecule has 0 aromatic carbocycles. The number of nitrogens with zero attached hydrogens (tertiary/aromatic N) is 2. The molecule has 0 saturated carbocycles. The average molecular weight is 281 g/mol. The van der Waals surface area contributed by atoms with Crippen LogP contribution in [0.15, 0.2) is 12.3 Å². The molecule has 0 spiro atoms. The van der Waals surface area contributed by atoms with Crippen molar-refractivity contribution in [2.75, 3.05) is 13.7 Å². The first-order chi connectivity index (χ1) is 9.39. The smallest absolute Gasteiger partial charge is 0.0641 e. The van der Waals surface area contributed by atoms with Gasteiger partial charge in [0.2, 0.25) is 0 Å². The van der Waals surface area contributed by atoms with Crippen LogP contribution in [0.25, 0.3) is 0 Å². The molecule has 116 valence electrons. The van der Waals surface area contributed by atoms with Crippen molar-refractivity contribution in [1.29, 1.82) is 0 Å². The third-order valence-electron chi connectivity index (χ3n) is 3.56. The minimum atomic E-state index is -0.0933. The van der Waals surface area contributed by atoms with Gasteiger partial charge in [-0.25, -0.2) is 0 Å². The van der Waals surface area contributed by atoms with E-state index in [1.807, 2.05) is 7.05 Å². The van der Waals surface area contributed by atoms with Gasteiger partial charge in [-0.15, -0.1) is 0 Å². The summed E-state index contributed by atoms with van der Waals surface area (Å²) in [5, 5.41) is 8.02. The summed E-state index contributed by atoms with van der Waals surface area (Å²) in [6, 6.07) is 2.95. The molecule has 0 bridgehead atoms. The van der Waals surface area contributed by atoms with Crippen LogP contribution in [0, 0.1) is 0 Å². The molecule has 1 rings (SSSR count). The van der Waals surface area contributed by atoms with Crippen LogP contribution in [-0.4, -0.2) is 35.1 Å². The molecule has 20 heavy (non-hydrogen) atoms. The second kappa shape index (κ2) is 7.79. The summed E-state index contributed by atoms with van der Waals surface area (Å²) < 4.78 is 7.96. The highest BCUT2D eigenvalue weighted by atomic mass is 16.5. The molecule has 0 aliphatic rings. The Morgan fingerprint density at radius 2 is 1.95 bits per heavy atom. The van der Waals surface area contributed by atoms with Gasteiger partial charge in [-0.1, -0.05) is 13.8 Å². The lowest BCUT2D eigenvalue weighted by Gasteiger charge is -2.24. The van der Waals surface area contributed by atoms with E-state index >= 15 is 0 Å². The van der Waals surface area contributed by atoms with Crippen molar-refractivity contribution in [3.05, 3.63) is 18.0 Å². The van der Waals surface area contributed by atoms with Crippen LogP contribution in [0.2, 0.25) is 0 Å². The van der Waals surface area contributed by atoms with Gasteiger partial charge in [-0.2, -0.15) is 5.10 Å². The Morgan fingerprint density at radius 1 is 1.30 bits per heavy atom. The predicted molar refractivity (Wildman–Crippen MR) is 84.1 cm³/mol. The van der Waals surface area contributed by atoms with Crippen molar-refractivity contribution >= 4 is 0 Å². The van der Waals surface area contributed by atoms with Gasteiger partial charge in [0, 0.05) is 18.7 Å². The van der Waals surface area contributed by atoms with Crippen LogP contribution < -0.4 is 5.32 Å². The second-order valence-electron chi connectivity index (χ2n) is 6.37. The van der Waals surface area contributed by atoms with Gasteiger partial charge in [0.15, 0.2) is 0 Å². The number of likely N-dealkylation sites (N-methyl/N-ethyl adjacent to an activating group) is 1. The number of hydrogen-bond acceptors (Lipinski definition) is 3. The van der Waals surface area contributed by atoms with Gasteiger partial charge in [0.05, 0.1) is 23.9 Å². The van der Waals surface area contributed by atoms with Crippen LogP contribution in [0.5, 0.6) is 0 Å². The molecule has 1 aromatic heterocycles. The van der Waals surface area contributed by atoms with E-state index in [1.54, 1.807) is 0 Å². The summed E-state index contributed by atoms with van der Waals surface area (Å²) in [4.78, 5) is 0. The monoisotopic (exact) mass is 281 g/mol. The molecule has 1 aromatic rings. The van der Waals surface area contributed by atoms with Crippen molar-refractivity contribution < 1.29 is 4.74 Å². The fourth-order valence-electron chi connectivity index (χ4n) is 2.20. The minimum Gasteiger partial charge on any atom is -0.374 e. The van der Waals surface area contributed by atoms with Crippen LogP contribution in [0.3, 0.4) is 0 Å². The van der Waals surface area contributed by atoms with Crippen LogP contribution in [0.4, 0.5) is 0 Å². The van der Waals surface area contributed by atoms with Crippen LogP contribution >= 0.6 is 0 Å². The predicted octanol–water partition coefficient (Wildman–Crippen LogP) is 3.19. The zero-order chi connectivity index (χ0) is 15.2. The van der Waals surface area contributed by atoms with Gasteiger partial charge in [-0.05, 0) is 46.7 Å². The molecule has 0 aliphatic heterocycles. The number of aromatic nitrogens is 2. The van der Waals surface area contributed by atoms with Gasteiger partial charge >= 0.3 is 0 Å². The van der Waals surface area contributed by atoms with Crippen molar-refractivity contribution in [3.8, 4) is 0 Å². The lowest BCUT2D eigenvalue weighted by atomic mass is 10.1. The van der Waals surface area contributed by atoms with Gasteiger partial charge in [-0.3, -0.25) is 4.68 Å². The maximum atomic E-state index is 5.85. The summed E-state index contributed by atoms with van der Waals surface area (Å²) in [5.74, 6) is 0. The Balaban J connectivity index is 2.57. The van der Waals surface area contributed by atoms with Gasteiger partial charge in [0.25, 0.3) is 0 Å². The first-order valence-electron chi connectivity index (χ1n) is 7.74. The van der Waals surface area contributed by atoms with E-state index in [1.165, 1.54) is 0 Å². The molecule has 1 N–H and O–H groups in total. The average Bonchev–Trinajstić information content (AvgIpc) is 2.83. The number of nitrogens with one attached hydrogen (secondary N) is 1. The first kappa shape index (κ1) is 17.2. The van der Waals surface area contributed by atoms with Crippen LogP contribution in [0.1, 0.15) is 59.2 Å². The fraction of sp³-hybridized carbons (Fsp3) is 0.812. The van der Waals surface area contributed by atoms with Crippen LogP contribution in [-0.2, 0) is 11.2 Å². The Kier molecular flexibility index (Phi) is 6.69. The number of hydrogen-bond donors (Lipinski definition) is 1. The van der Waals surface area contributed by atoms with E-state index in [4.69, 9.17) is 9.84 Å². The van der Waals surface area contributed by atoms with Gasteiger partial charge in [0.1, 0.15) is 0 Å². The Morgan fingerprint density at radius 3 is 2.45 bits per heavy atom. The molecule has 4 heteroatoms. The number of ether oxygens (including phenoxy) is 1. The lowest BCUT2D eigenvalue weighted by Crippen LogP contribution is -2.36. The molecule has 0 amide bonds.